The molecule has 24 heavy (non-hydrogen) atoms. The molecule has 2 aliphatic heterocycles. The summed E-state index contributed by atoms with van der Waals surface area (Å²) in [6.45, 7) is 17.4. The van der Waals surface area contributed by atoms with E-state index in [0.29, 0.717) is 0 Å². The molecular formula is C20H32N3O. The van der Waals surface area contributed by atoms with Gasteiger partial charge in [0.15, 0.2) is 0 Å². The van der Waals surface area contributed by atoms with E-state index in [1.54, 1.807) is 0 Å². The molecule has 0 amide bonds. The van der Waals surface area contributed by atoms with Crippen molar-refractivity contribution in [2.24, 2.45) is 0 Å². The lowest BCUT2D eigenvalue weighted by Gasteiger charge is -2.35. The summed E-state index contributed by atoms with van der Waals surface area (Å²) in [5.74, 6) is 1.51. The molecule has 0 spiro atoms. The summed E-state index contributed by atoms with van der Waals surface area (Å²) in [5.41, 5.74) is 4.23. The Morgan fingerprint density at radius 1 is 0.958 bits per heavy atom. The van der Waals surface area contributed by atoms with Gasteiger partial charge in [-0.1, -0.05) is 19.9 Å². The Kier molecular flexibility index (Phi) is 6.14. The minimum atomic E-state index is 0.847. The van der Waals surface area contributed by atoms with Gasteiger partial charge in [0.2, 0.25) is 0 Å². The second-order valence-electron chi connectivity index (χ2n) is 7.47. The third kappa shape index (κ3) is 4.71. The van der Waals surface area contributed by atoms with Crippen LogP contribution in [0.3, 0.4) is 0 Å². The van der Waals surface area contributed by atoms with Gasteiger partial charge in [-0.05, 0) is 36.1 Å². The van der Waals surface area contributed by atoms with Crippen LogP contribution in [-0.4, -0.2) is 68.8 Å². The van der Waals surface area contributed by atoms with E-state index in [9.17, 15) is 0 Å². The van der Waals surface area contributed by atoms with Gasteiger partial charge < -0.3 is 14.5 Å². The van der Waals surface area contributed by atoms with Crippen molar-refractivity contribution in [3.8, 4) is 0 Å². The molecule has 0 aromatic heterocycles. The van der Waals surface area contributed by atoms with Crippen LogP contribution in [-0.2, 0) is 11.3 Å². The minimum absolute atomic E-state index is 0.847. The number of morpholine rings is 1. The molecule has 133 valence electrons. The fourth-order valence-corrected chi connectivity index (χ4v) is 3.67. The highest BCUT2D eigenvalue weighted by Crippen LogP contribution is 2.22. The van der Waals surface area contributed by atoms with E-state index in [0.717, 1.165) is 39.4 Å². The summed E-state index contributed by atoms with van der Waals surface area (Å²) in [6, 6.07) is 6.97. The molecule has 2 aliphatic rings. The maximum atomic E-state index is 5.45. The Labute approximate surface area is 147 Å². The van der Waals surface area contributed by atoms with Crippen LogP contribution in [0.5, 0.6) is 0 Å². The van der Waals surface area contributed by atoms with E-state index in [4.69, 9.17) is 4.74 Å². The fraction of sp³-hybridized carbons (Fsp3) is 0.650. The van der Waals surface area contributed by atoms with Crippen LogP contribution in [0.25, 0.3) is 0 Å². The molecule has 0 unspecified atom stereocenters. The van der Waals surface area contributed by atoms with Crippen LogP contribution >= 0.6 is 0 Å². The SMILES string of the molecule is C[C](C)CN1CCN(Cc2ccc(N3CCOCC3)cc2C)CC1. The second kappa shape index (κ2) is 8.32. The maximum Gasteiger partial charge on any atom is 0.0642 e. The Hall–Kier alpha value is -1.10. The topological polar surface area (TPSA) is 19.0 Å². The van der Waals surface area contributed by atoms with Gasteiger partial charge in [0, 0.05) is 58.0 Å². The third-order valence-corrected chi connectivity index (χ3v) is 5.10. The maximum absolute atomic E-state index is 5.45. The number of piperazine rings is 1. The number of aryl methyl sites for hydroxylation is 1. The second-order valence-corrected chi connectivity index (χ2v) is 7.47. The molecule has 0 saturated carbocycles. The van der Waals surface area contributed by atoms with Gasteiger partial charge in [-0.25, -0.2) is 0 Å². The first-order chi connectivity index (χ1) is 11.6. The Morgan fingerprint density at radius 3 is 2.25 bits per heavy atom. The van der Waals surface area contributed by atoms with Crippen molar-refractivity contribution >= 4 is 5.69 Å². The molecule has 2 heterocycles. The fourth-order valence-electron chi connectivity index (χ4n) is 3.67. The lowest BCUT2D eigenvalue weighted by molar-refractivity contribution is 0.122. The number of nitrogens with zero attached hydrogens (tertiary/aromatic N) is 3. The van der Waals surface area contributed by atoms with E-state index in [-0.39, 0.29) is 0 Å². The van der Waals surface area contributed by atoms with Crippen LogP contribution in [0.2, 0.25) is 0 Å². The largest absolute Gasteiger partial charge is 0.378 e. The molecular weight excluding hydrogens is 298 g/mol. The molecule has 0 bridgehead atoms. The minimum Gasteiger partial charge on any atom is -0.378 e. The first-order valence-electron chi connectivity index (χ1n) is 9.28. The first kappa shape index (κ1) is 17.7. The van der Waals surface area contributed by atoms with Crippen molar-refractivity contribution in [3.05, 3.63) is 35.2 Å². The zero-order valence-corrected chi connectivity index (χ0v) is 15.6. The number of hydrogen-bond acceptors (Lipinski definition) is 4. The van der Waals surface area contributed by atoms with Gasteiger partial charge in [-0.3, -0.25) is 4.90 Å². The van der Waals surface area contributed by atoms with Crippen LogP contribution in [0, 0.1) is 12.8 Å². The molecule has 2 saturated heterocycles. The van der Waals surface area contributed by atoms with Crippen LogP contribution in [0.15, 0.2) is 18.2 Å². The van der Waals surface area contributed by atoms with Gasteiger partial charge >= 0.3 is 0 Å². The summed E-state index contributed by atoms with van der Waals surface area (Å²) in [7, 11) is 0. The molecule has 0 atom stereocenters. The van der Waals surface area contributed by atoms with Crippen molar-refractivity contribution in [2.75, 3.05) is 63.9 Å². The summed E-state index contributed by atoms with van der Waals surface area (Å²) in [6.07, 6.45) is 0. The highest BCUT2D eigenvalue weighted by atomic mass is 16.5. The normalized spacial score (nSPS) is 20.8. The Balaban J connectivity index is 1.54. The molecule has 4 heteroatoms. The average Bonchev–Trinajstić information content (AvgIpc) is 2.59. The lowest BCUT2D eigenvalue weighted by Crippen LogP contribution is -2.46. The summed E-state index contributed by atoms with van der Waals surface area (Å²) >= 11 is 0. The molecule has 0 N–H and O–H groups in total. The van der Waals surface area contributed by atoms with E-state index >= 15 is 0 Å². The van der Waals surface area contributed by atoms with Crippen molar-refractivity contribution in [3.63, 3.8) is 0 Å². The van der Waals surface area contributed by atoms with E-state index < -0.39 is 0 Å². The Bertz CT molecular complexity index is 518. The monoisotopic (exact) mass is 330 g/mol. The highest BCUT2D eigenvalue weighted by Gasteiger charge is 2.18. The molecule has 1 aromatic rings. The molecule has 1 aromatic carbocycles. The predicted octanol–water partition coefficient (Wildman–Crippen LogP) is 2.56. The third-order valence-electron chi connectivity index (χ3n) is 5.10. The summed E-state index contributed by atoms with van der Waals surface area (Å²) < 4.78 is 5.45. The van der Waals surface area contributed by atoms with E-state index in [1.807, 2.05) is 0 Å². The van der Waals surface area contributed by atoms with Crippen molar-refractivity contribution in [2.45, 2.75) is 27.3 Å². The number of benzene rings is 1. The molecule has 4 nitrogen and oxygen atoms in total. The lowest BCUT2D eigenvalue weighted by atomic mass is 10.1. The standard InChI is InChI=1S/C20H32N3O/c1-17(2)15-21-6-8-22(9-7-21)16-19-4-5-20(14-18(19)3)23-10-12-24-13-11-23/h4-5,14H,6-13,15-16H2,1-3H3. The Morgan fingerprint density at radius 2 is 1.62 bits per heavy atom. The first-order valence-corrected chi connectivity index (χ1v) is 9.28. The summed E-state index contributed by atoms with van der Waals surface area (Å²) in [4.78, 5) is 7.60. The number of hydrogen-bond donors (Lipinski definition) is 0. The highest BCUT2D eigenvalue weighted by molar-refractivity contribution is 5.51. The van der Waals surface area contributed by atoms with Gasteiger partial charge in [0.1, 0.15) is 0 Å². The van der Waals surface area contributed by atoms with E-state index in [1.165, 1.54) is 48.9 Å². The number of anilines is 1. The van der Waals surface area contributed by atoms with Crippen molar-refractivity contribution in [1.29, 1.82) is 0 Å². The molecule has 1 radical (unpaired) electrons. The zero-order chi connectivity index (χ0) is 16.9. The van der Waals surface area contributed by atoms with Crippen molar-refractivity contribution in [1.82, 2.24) is 9.80 Å². The quantitative estimate of drug-likeness (QED) is 0.826. The van der Waals surface area contributed by atoms with Crippen LogP contribution < -0.4 is 4.90 Å². The molecule has 2 fully saturated rings. The number of ether oxygens (including phenoxy) is 1. The smallest absolute Gasteiger partial charge is 0.0642 e. The van der Waals surface area contributed by atoms with Crippen molar-refractivity contribution < 1.29 is 4.74 Å². The summed E-state index contributed by atoms with van der Waals surface area (Å²) in [5, 5.41) is 0. The zero-order valence-electron chi connectivity index (χ0n) is 15.6. The van der Waals surface area contributed by atoms with Crippen LogP contribution in [0.4, 0.5) is 5.69 Å². The predicted molar refractivity (Wildman–Crippen MR) is 101 cm³/mol. The van der Waals surface area contributed by atoms with Gasteiger partial charge in [-0.15, -0.1) is 0 Å². The molecule has 3 rings (SSSR count). The average molecular weight is 330 g/mol. The van der Waals surface area contributed by atoms with Crippen LogP contribution in [0.1, 0.15) is 25.0 Å². The van der Waals surface area contributed by atoms with Gasteiger partial charge in [-0.2, -0.15) is 0 Å². The van der Waals surface area contributed by atoms with E-state index in [2.05, 4.69) is 53.7 Å². The van der Waals surface area contributed by atoms with Gasteiger partial charge in [0.05, 0.1) is 13.2 Å². The van der Waals surface area contributed by atoms with Gasteiger partial charge in [0.25, 0.3) is 0 Å². The molecule has 0 aliphatic carbocycles. The number of rotatable bonds is 5.